The minimum atomic E-state index is -0.0189. The van der Waals surface area contributed by atoms with Gasteiger partial charge in [0.1, 0.15) is 0 Å². The van der Waals surface area contributed by atoms with Gasteiger partial charge in [0.05, 0.1) is 22.1 Å². The maximum atomic E-state index is 2.53. The first-order valence-electron chi connectivity index (χ1n) is 43.4. The van der Waals surface area contributed by atoms with Crippen molar-refractivity contribution >= 4 is 180 Å². The molecule has 0 fully saturated rings. The molecule has 4 aromatic heterocycles. The summed E-state index contributed by atoms with van der Waals surface area (Å²) in [6.07, 6.45) is 0. The van der Waals surface area contributed by atoms with E-state index in [0.29, 0.717) is 26.9 Å². The molecule has 0 bridgehead atoms. The fraction of sp³-hybridized carbons (Fsp3) is 0.143. The fourth-order valence-electron chi connectivity index (χ4n) is 25.1. The molecule has 8 aliphatic heterocycles. The number of hydrogen-bond acceptors (Lipinski definition) is 0. The van der Waals surface area contributed by atoms with E-state index >= 15 is 0 Å². The first kappa shape index (κ1) is 70.0. The minimum absolute atomic E-state index is 0.0158. The van der Waals surface area contributed by atoms with Crippen LogP contribution in [-0.2, 0) is 21.7 Å². The van der Waals surface area contributed by atoms with Crippen LogP contribution in [0.15, 0.2) is 315 Å². The molecule has 568 valence electrons. The van der Waals surface area contributed by atoms with Crippen LogP contribution in [0.1, 0.15) is 122 Å². The van der Waals surface area contributed by atoms with E-state index < -0.39 is 0 Å². The molecule has 0 amide bonds. The second-order valence-corrected chi connectivity index (χ2v) is 37.8. The van der Waals surface area contributed by atoms with Crippen LogP contribution >= 0.6 is 0 Å². The molecule has 4 nitrogen and oxygen atoms in total. The number of benzene rings is 16. The maximum absolute atomic E-state index is 2.53. The van der Waals surface area contributed by atoms with Crippen LogP contribution in [0.3, 0.4) is 0 Å². The van der Waals surface area contributed by atoms with Crippen LogP contribution < -0.4 is 65.6 Å². The van der Waals surface area contributed by atoms with Crippen LogP contribution in [-0.4, -0.2) is 45.1 Å². The highest BCUT2D eigenvalue weighted by atomic mass is 15.0. The van der Waals surface area contributed by atoms with Crippen molar-refractivity contribution in [3.05, 3.63) is 382 Å². The molecule has 0 aliphatic carbocycles. The third-order valence-corrected chi connectivity index (χ3v) is 30.3. The number of aromatic nitrogens is 4. The van der Waals surface area contributed by atoms with Gasteiger partial charge in [-0.2, -0.15) is 0 Å². The lowest BCUT2D eigenvalue weighted by Gasteiger charge is -2.42. The van der Waals surface area contributed by atoms with Crippen molar-refractivity contribution < 1.29 is 0 Å². The monoisotopic (exact) mass is 1530 g/mol. The molecule has 16 aromatic carbocycles. The van der Waals surface area contributed by atoms with Gasteiger partial charge in [-0.05, 0) is 164 Å². The van der Waals surface area contributed by atoms with Gasteiger partial charge in [0.15, 0.2) is 0 Å². The Labute approximate surface area is 702 Å². The van der Waals surface area contributed by atoms with Crippen molar-refractivity contribution in [2.75, 3.05) is 0 Å². The van der Waals surface area contributed by atoms with E-state index in [1.165, 1.54) is 242 Å². The number of rotatable bonds is 0. The third kappa shape index (κ3) is 8.91. The van der Waals surface area contributed by atoms with Gasteiger partial charge in [-0.1, -0.05) is 366 Å². The van der Waals surface area contributed by atoms with Crippen LogP contribution in [0, 0.1) is 27.7 Å². The lowest BCUT2D eigenvalue weighted by Crippen LogP contribution is -2.63. The Morgan fingerprint density at radius 2 is 0.483 bits per heavy atom. The molecule has 20 aromatic rings. The summed E-state index contributed by atoms with van der Waals surface area (Å²) < 4.78 is 10.1. The summed E-state index contributed by atoms with van der Waals surface area (Å²) in [6.45, 7) is 29.3. The Balaban J connectivity index is 0.0000000886. The minimum Gasteiger partial charge on any atom is -0.310 e. The van der Waals surface area contributed by atoms with Gasteiger partial charge in [0.2, 0.25) is 26.9 Å². The van der Waals surface area contributed by atoms with Crippen LogP contribution in [0.2, 0.25) is 0 Å². The second kappa shape index (κ2) is 24.4. The molecule has 0 saturated carbocycles. The van der Waals surface area contributed by atoms with Crippen molar-refractivity contribution in [1.29, 1.82) is 0 Å². The Kier molecular flexibility index (Phi) is 14.2. The second-order valence-electron chi connectivity index (χ2n) is 37.8. The summed E-state index contributed by atoms with van der Waals surface area (Å²) in [6, 6.07) is 118. The van der Waals surface area contributed by atoms with Crippen LogP contribution in [0.5, 0.6) is 0 Å². The lowest BCUT2D eigenvalue weighted by atomic mass is 9.30. The van der Waals surface area contributed by atoms with Crippen molar-refractivity contribution in [2.45, 2.75) is 105 Å². The number of fused-ring (bicyclic) bond motifs is 32. The molecule has 0 N–H and O–H groups in total. The molecule has 0 atom stereocenters. The summed E-state index contributed by atoms with van der Waals surface area (Å²) in [4.78, 5) is 0. The summed E-state index contributed by atoms with van der Waals surface area (Å²) in [5.74, 6) is 0. The molecule has 8 aliphatic rings. The summed E-state index contributed by atoms with van der Waals surface area (Å²) in [5, 5.41) is 10.9. The lowest BCUT2D eigenvalue weighted by molar-refractivity contribution is 0.645. The molecule has 8 heteroatoms. The molecule has 0 radical (unpaired) electrons. The van der Waals surface area contributed by atoms with E-state index in [4.69, 9.17) is 0 Å². The zero-order valence-electron chi connectivity index (χ0n) is 70.1. The van der Waals surface area contributed by atoms with E-state index in [1.54, 1.807) is 0 Å². The van der Waals surface area contributed by atoms with Crippen molar-refractivity contribution in [2.24, 2.45) is 0 Å². The molecule has 0 saturated heterocycles. The zero-order chi connectivity index (χ0) is 80.8. The number of nitrogens with zero attached hydrogens (tertiary/aromatic N) is 4. The molecular formula is C112H88B4N4. The Morgan fingerprint density at radius 3 is 0.958 bits per heavy atom. The Hall–Kier alpha value is -13.0. The number of hydrogen-bond donors (Lipinski definition) is 0. The van der Waals surface area contributed by atoms with Gasteiger partial charge in [-0.3, -0.25) is 0 Å². The summed E-state index contributed by atoms with van der Waals surface area (Å²) in [7, 11) is 0. The summed E-state index contributed by atoms with van der Waals surface area (Å²) >= 11 is 0. The van der Waals surface area contributed by atoms with E-state index in [9.17, 15) is 0 Å². The normalized spacial score (nSPS) is 15.4. The third-order valence-electron chi connectivity index (χ3n) is 30.3. The SMILES string of the molecule is Cc1ccc2c(c1)B1c3ccccc3-n3c4ccccc4c4ccc(c1c43)C2(C)C.Cc1ccc2c(c1)C(C)(C)c1ccc3c4ccccc4n4c3c1B2c1ccccc1-4.Cc1cccc2c1B1c3ccccc3-n3c4ccccc4c4ccc(c1c43)C2(C)C.Cc1cccc2c1B1c3ccccc3C(C)(C)c3ccc4c5ccccc5n-2c4c31. The first-order valence-corrected chi connectivity index (χ1v) is 43.4. The molecule has 120 heavy (non-hydrogen) atoms. The molecule has 0 unspecified atom stereocenters. The predicted octanol–water partition coefficient (Wildman–Crippen LogP) is 18.2. The molecule has 12 heterocycles. The molecular weight excluding hydrogens is 1440 g/mol. The van der Waals surface area contributed by atoms with E-state index in [-0.39, 0.29) is 21.7 Å². The highest BCUT2D eigenvalue weighted by Gasteiger charge is 2.51. The number of aryl methyl sites for hydroxylation is 4. The van der Waals surface area contributed by atoms with Crippen LogP contribution in [0.4, 0.5) is 0 Å². The highest BCUT2D eigenvalue weighted by molar-refractivity contribution is 7.01. The smallest absolute Gasteiger partial charge is 0.247 e. The van der Waals surface area contributed by atoms with Gasteiger partial charge in [-0.25, -0.2) is 0 Å². The van der Waals surface area contributed by atoms with E-state index in [1.807, 2.05) is 0 Å². The van der Waals surface area contributed by atoms with Crippen molar-refractivity contribution in [3.8, 4) is 22.7 Å². The van der Waals surface area contributed by atoms with Gasteiger partial charge in [0.25, 0.3) is 0 Å². The van der Waals surface area contributed by atoms with Crippen molar-refractivity contribution in [1.82, 2.24) is 18.3 Å². The quantitative estimate of drug-likeness (QED) is 0.135. The highest BCUT2D eigenvalue weighted by Crippen LogP contribution is 2.47. The fourth-order valence-corrected chi connectivity index (χ4v) is 25.1. The topological polar surface area (TPSA) is 19.7 Å². The predicted molar refractivity (Wildman–Crippen MR) is 515 cm³/mol. The van der Waals surface area contributed by atoms with Crippen molar-refractivity contribution in [3.63, 3.8) is 0 Å². The van der Waals surface area contributed by atoms with E-state index in [0.717, 1.165) is 0 Å². The average molecular weight is 1530 g/mol. The van der Waals surface area contributed by atoms with Gasteiger partial charge in [-0.15, -0.1) is 0 Å². The van der Waals surface area contributed by atoms with Gasteiger partial charge < -0.3 is 18.3 Å². The Morgan fingerprint density at radius 1 is 0.192 bits per heavy atom. The van der Waals surface area contributed by atoms with Gasteiger partial charge in [0, 0.05) is 110 Å². The van der Waals surface area contributed by atoms with E-state index in [2.05, 4.69) is 417 Å². The zero-order valence-corrected chi connectivity index (χ0v) is 70.1. The largest absolute Gasteiger partial charge is 0.310 e. The number of para-hydroxylation sites is 7. The standard InChI is InChI=1S/4C28H22BN/c1-17-9-8-14-24-25(17)29-22-12-6-5-11-20(22)28(2,3)21-16-15-19-18-10-4-7-13-23(18)30(24)27(19)26(21)29;1-17-9-8-11-20-25(17)29-22-12-5-7-14-24(22)30-23-13-6-4-10-18(23)19-15-16-21(28(20,2)3)26(29)27(19)30;1-17-12-15-22-21(16-17)28(2,3)20-14-13-19-18-8-4-6-10-24(18)30-25-11-7-5-9-23(25)29(22)26(20)27(19)30;1-17-12-14-20-23(16-17)29-22-9-5-7-11-25(22)30-24-10-6-4-8-18(24)19-13-15-21(28(20,2)3)26(29)27(19)30/h4*4-16H,1-3H3. The maximum Gasteiger partial charge on any atom is 0.247 e. The van der Waals surface area contributed by atoms with Gasteiger partial charge >= 0.3 is 0 Å². The molecule has 0 spiro atoms. The first-order chi connectivity index (χ1) is 58.3. The Bertz CT molecular complexity index is 7990. The average Bonchev–Trinajstić information content (AvgIpc) is 1.01. The summed E-state index contributed by atoms with van der Waals surface area (Å²) in [5.41, 5.74) is 50.9. The van der Waals surface area contributed by atoms with Crippen LogP contribution in [0.25, 0.3) is 110 Å². The molecule has 28 rings (SSSR count).